The molecule has 2 heterocycles. The lowest BCUT2D eigenvalue weighted by Gasteiger charge is -2.03. The Labute approximate surface area is 139 Å². The van der Waals surface area contributed by atoms with Gasteiger partial charge in [-0.2, -0.15) is 5.10 Å². The molecule has 1 saturated carbocycles. The number of Topliss-reactive ketones (excluding diaryl/α,β-unsaturated/α-hetero) is 1. The Morgan fingerprint density at radius 2 is 2.09 bits per heavy atom. The summed E-state index contributed by atoms with van der Waals surface area (Å²) in [5.41, 5.74) is 3.51. The Morgan fingerprint density at radius 1 is 1.30 bits per heavy atom. The van der Waals surface area contributed by atoms with Crippen LogP contribution in [0.1, 0.15) is 29.3 Å². The second kappa shape index (κ2) is 5.46. The first-order valence-electron chi connectivity index (χ1n) is 7.71. The molecule has 5 heteroatoms. The second-order valence-corrected chi connectivity index (χ2v) is 6.52. The highest BCUT2D eigenvalue weighted by molar-refractivity contribution is 6.29. The van der Waals surface area contributed by atoms with Crippen LogP contribution in [-0.2, 0) is 11.2 Å². The SMILES string of the molecule is Cc1cc2nc(CC(=O)[C@H]3C[C@@H]3c3ccccc3)cc(Cl)n2n1. The quantitative estimate of drug-likeness (QED) is 0.688. The number of nitrogens with zero attached hydrogens (tertiary/aromatic N) is 3. The largest absolute Gasteiger partial charge is 0.299 e. The van der Waals surface area contributed by atoms with Crippen LogP contribution in [0, 0.1) is 12.8 Å². The van der Waals surface area contributed by atoms with E-state index in [-0.39, 0.29) is 11.7 Å². The summed E-state index contributed by atoms with van der Waals surface area (Å²) >= 11 is 6.23. The molecular weight excluding hydrogens is 310 g/mol. The van der Waals surface area contributed by atoms with Crippen LogP contribution in [0.4, 0.5) is 0 Å². The van der Waals surface area contributed by atoms with Gasteiger partial charge in [-0.15, -0.1) is 0 Å². The second-order valence-electron chi connectivity index (χ2n) is 6.13. The molecule has 0 bridgehead atoms. The summed E-state index contributed by atoms with van der Waals surface area (Å²) < 4.78 is 1.59. The van der Waals surface area contributed by atoms with Crippen molar-refractivity contribution < 1.29 is 4.79 Å². The maximum atomic E-state index is 12.5. The summed E-state index contributed by atoms with van der Waals surface area (Å²) in [4.78, 5) is 17.0. The monoisotopic (exact) mass is 325 g/mol. The van der Waals surface area contributed by atoms with Gasteiger partial charge in [-0.3, -0.25) is 4.79 Å². The lowest BCUT2D eigenvalue weighted by atomic mass is 10.1. The maximum absolute atomic E-state index is 12.5. The van der Waals surface area contributed by atoms with E-state index < -0.39 is 0 Å². The molecule has 23 heavy (non-hydrogen) atoms. The smallest absolute Gasteiger partial charge is 0.157 e. The number of rotatable bonds is 4. The van der Waals surface area contributed by atoms with Crippen LogP contribution in [0.15, 0.2) is 42.5 Å². The normalized spacial score (nSPS) is 19.9. The van der Waals surface area contributed by atoms with Crippen LogP contribution in [0.25, 0.3) is 5.65 Å². The van der Waals surface area contributed by atoms with Crippen LogP contribution in [0.3, 0.4) is 0 Å². The number of carbonyl (C=O) groups excluding carboxylic acids is 1. The van der Waals surface area contributed by atoms with E-state index in [9.17, 15) is 4.79 Å². The third kappa shape index (κ3) is 2.75. The molecule has 0 saturated heterocycles. The van der Waals surface area contributed by atoms with Gasteiger partial charge in [0.25, 0.3) is 0 Å². The zero-order valence-electron chi connectivity index (χ0n) is 12.7. The fraction of sp³-hybridized carbons (Fsp3) is 0.278. The maximum Gasteiger partial charge on any atom is 0.157 e. The van der Waals surface area contributed by atoms with Gasteiger partial charge in [0, 0.05) is 18.4 Å². The van der Waals surface area contributed by atoms with Gasteiger partial charge in [-0.1, -0.05) is 41.9 Å². The Morgan fingerprint density at radius 3 is 2.87 bits per heavy atom. The van der Waals surface area contributed by atoms with Gasteiger partial charge >= 0.3 is 0 Å². The number of ketones is 1. The number of carbonyl (C=O) groups is 1. The highest BCUT2D eigenvalue weighted by Gasteiger charge is 2.43. The number of hydrogen-bond donors (Lipinski definition) is 0. The lowest BCUT2D eigenvalue weighted by Crippen LogP contribution is -2.09. The molecule has 0 radical (unpaired) electrons. The average molecular weight is 326 g/mol. The van der Waals surface area contributed by atoms with E-state index in [0.717, 1.165) is 12.1 Å². The summed E-state index contributed by atoms with van der Waals surface area (Å²) in [6, 6.07) is 13.8. The third-order valence-electron chi connectivity index (χ3n) is 4.35. The van der Waals surface area contributed by atoms with Crippen molar-refractivity contribution in [2.75, 3.05) is 0 Å². The van der Waals surface area contributed by atoms with Gasteiger partial charge in [0.05, 0.1) is 11.4 Å². The highest BCUT2D eigenvalue weighted by atomic mass is 35.5. The zero-order chi connectivity index (χ0) is 16.0. The van der Waals surface area contributed by atoms with Gasteiger partial charge in [-0.05, 0) is 30.9 Å². The van der Waals surface area contributed by atoms with Crippen molar-refractivity contribution in [1.82, 2.24) is 14.6 Å². The molecule has 1 fully saturated rings. The van der Waals surface area contributed by atoms with Crippen LogP contribution >= 0.6 is 11.6 Å². The number of halogens is 1. The average Bonchev–Trinajstić information content (AvgIpc) is 3.24. The minimum atomic E-state index is 0.112. The molecule has 4 rings (SSSR count). The molecular formula is C18H16ClN3O. The van der Waals surface area contributed by atoms with Crippen molar-refractivity contribution in [3.05, 3.63) is 64.6 Å². The molecule has 4 nitrogen and oxygen atoms in total. The standard InChI is InChI=1S/C18H16ClN3O/c1-11-7-18-20-13(9-17(19)22(18)21-11)8-16(23)15-10-14(15)12-5-3-2-4-6-12/h2-7,9,14-15H,8,10H2,1H3/t14-,15+/m1/s1. The lowest BCUT2D eigenvalue weighted by molar-refractivity contribution is -0.119. The number of aryl methyl sites for hydroxylation is 1. The highest BCUT2D eigenvalue weighted by Crippen LogP contribution is 2.48. The predicted molar refractivity (Wildman–Crippen MR) is 88.7 cm³/mol. The minimum absolute atomic E-state index is 0.112. The van der Waals surface area contributed by atoms with Crippen molar-refractivity contribution in [3.63, 3.8) is 0 Å². The molecule has 1 aliphatic rings. The number of aromatic nitrogens is 3. The summed E-state index contributed by atoms with van der Waals surface area (Å²) in [7, 11) is 0. The third-order valence-corrected chi connectivity index (χ3v) is 4.62. The Bertz CT molecular complexity index is 888. The summed E-state index contributed by atoms with van der Waals surface area (Å²) in [5, 5.41) is 4.76. The van der Waals surface area contributed by atoms with Crippen molar-refractivity contribution >= 4 is 23.0 Å². The van der Waals surface area contributed by atoms with E-state index >= 15 is 0 Å². The van der Waals surface area contributed by atoms with Gasteiger partial charge < -0.3 is 0 Å². The fourth-order valence-corrected chi connectivity index (χ4v) is 3.37. The van der Waals surface area contributed by atoms with Crippen molar-refractivity contribution in [2.45, 2.75) is 25.7 Å². The van der Waals surface area contributed by atoms with E-state index in [4.69, 9.17) is 11.6 Å². The van der Waals surface area contributed by atoms with E-state index in [1.54, 1.807) is 10.6 Å². The first-order valence-corrected chi connectivity index (χ1v) is 8.09. The van der Waals surface area contributed by atoms with E-state index in [1.165, 1.54) is 5.56 Å². The van der Waals surface area contributed by atoms with Gasteiger partial charge in [0.15, 0.2) is 5.65 Å². The number of fused-ring (bicyclic) bond motifs is 1. The Hall–Kier alpha value is -2.20. The molecule has 2 aromatic heterocycles. The Kier molecular flexibility index (Phi) is 3.42. The first kappa shape index (κ1) is 14.4. The first-order chi connectivity index (χ1) is 11.1. The van der Waals surface area contributed by atoms with Gasteiger partial charge in [0.2, 0.25) is 0 Å². The van der Waals surface area contributed by atoms with Crippen molar-refractivity contribution in [3.8, 4) is 0 Å². The van der Waals surface area contributed by atoms with Gasteiger partial charge in [0.1, 0.15) is 10.9 Å². The van der Waals surface area contributed by atoms with E-state index in [2.05, 4.69) is 22.2 Å². The molecule has 0 amide bonds. The molecule has 116 valence electrons. The fourth-order valence-electron chi connectivity index (χ4n) is 3.12. The summed E-state index contributed by atoms with van der Waals surface area (Å²) in [6.07, 6.45) is 1.26. The van der Waals surface area contributed by atoms with Crippen molar-refractivity contribution in [1.29, 1.82) is 0 Å². The molecule has 0 spiro atoms. The van der Waals surface area contributed by atoms with Crippen molar-refractivity contribution in [2.24, 2.45) is 5.92 Å². The minimum Gasteiger partial charge on any atom is -0.299 e. The molecule has 0 N–H and O–H groups in total. The zero-order valence-corrected chi connectivity index (χ0v) is 13.5. The molecule has 1 aliphatic carbocycles. The topological polar surface area (TPSA) is 47.3 Å². The van der Waals surface area contributed by atoms with Gasteiger partial charge in [-0.25, -0.2) is 9.50 Å². The summed E-state index contributed by atoms with van der Waals surface area (Å²) in [6.45, 7) is 1.89. The molecule has 0 unspecified atom stereocenters. The van der Waals surface area contributed by atoms with Crippen LogP contribution in [0.2, 0.25) is 5.15 Å². The number of benzene rings is 1. The molecule has 2 atom stereocenters. The molecule has 3 aromatic rings. The Balaban J connectivity index is 1.51. The van der Waals surface area contributed by atoms with Crippen LogP contribution < -0.4 is 0 Å². The predicted octanol–water partition coefficient (Wildman–Crippen LogP) is 3.61. The van der Waals surface area contributed by atoms with Crippen LogP contribution in [0.5, 0.6) is 0 Å². The van der Waals surface area contributed by atoms with E-state index in [0.29, 0.717) is 28.8 Å². The summed E-state index contributed by atoms with van der Waals surface area (Å²) in [5.74, 6) is 0.712. The number of hydrogen-bond acceptors (Lipinski definition) is 3. The van der Waals surface area contributed by atoms with E-state index in [1.807, 2.05) is 31.2 Å². The molecule has 1 aromatic carbocycles. The van der Waals surface area contributed by atoms with Crippen LogP contribution in [-0.4, -0.2) is 20.4 Å². The molecule has 0 aliphatic heterocycles.